The zero-order valence-electron chi connectivity index (χ0n) is 15.2. The molecule has 7 nitrogen and oxygen atoms in total. The third kappa shape index (κ3) is 3.36. The van der Waals surface area contributed by atoms with Gasteiger partial charge in [0.05, 0.1) is 6.61 Å². The molecule has 0 bridgehead atoms. The van der Waals surface area contributed by atoms with E-state index in [0.29, 0.717) is 6.61 Å². The second-order valence-electron chi connectivity index (χ2n) is 7.93. The molecule has 25 heavy (non-hydrogen) atoms. The maximum atomic E-state index is 12.5. The minimum Gasteiger partial charge on any atom is -0.453 e. The Morgan fingerprint density at radius 1 is 1.12 bits per heavy atom. The van der Waals surface area contributed by atoms with Gasteiger partial charge in [0.1, 0.15) is 12.2 Å². The summed E-state index contributed by atoms with van der Waals surface area (Å²) in [7, 11) is 0. The highest BCUT2D eigenvalue weighted by atomic mass is 16.8. The summed E-state index contributed by atoms with van der Waals surface area (Å²) < 4.78 is 35.2. The molecule has 0 aromatic heterocycles. The summed E-state index contributed by atoms with van der Waals surface area (Å²) in [6.45, 7) is 7.71. The monoisotopic (exact) mass is 354 g/mol. The highest BCUT2D eigenvalue weighted by Crippen LogP contribution is 2.42. The highest BCUT2D eigenvalue weighted by molar-refractivity contribution is 5.89. The Labute approximate surface area is 147 Å². The molecule has 3 aliphatic heterocycles. The Kier molecular flexibility index (Phi) is 4.20. The molecule has 0 aromatic rings. The fourth-order valence-electron chi connectivity index (χ4n) is 3.87. The summed E-state index contributed by atoms with van der Waals surface area (Å²) in [5.74, 6) is -1.76. The van der Waals surface area contributed by atoms with Gasteiger partial charge < -0.3 is 28.4 Å². The van der Waals surface area contributed by atoms with Gasteiger partial charge in [-0.05, 0) is 47.0 Å². The lowest BCUT2D eigenvalue weighted by molar-refractivity contribution is -0.234. The molecule has 0 spiro atoms. The number of carbonyl (C=O) groups excluding carboxylic acids is 1. The van der Waals surface area contributed by atoms with Crippen LogP contribution in [0.15, 0.2) is 11.6 Å². The van der Waals surface area contributed by atoms with Crippen LogP contribution in [0.2, 0.25) is 0 Å². The van der Waals surface area contributed by atoms with Crippen LogP contribution in [0.4, 0.5) is 0 Å². The van der Waals surface area contributed by atoms with Crippen LogP contribution < -0.4 is 0 Å². The van der Waals surface area contributed by atoms with Crippen molar-refractivity contribution in [2.24, 2.45) is 0 Å². The van der Waals surface area contributed by atoms with Crippen molar-refractivity contribution in [3.05, 3.63) is 11.6 Å². The predicted octanol–water partition coefficient (Wildman–Crippen LogP) is 2.04. The lowest BCUT2D eigenvalue weighted by atomic mass is 10.1. The Hall–Kier alpha value is -0.990. The maximum absolute atomic E-state index is 12.5. The van der Waals surface area contributed by atoms with E-state index in [2.05, 4.69) is 0 Å². The number of esters is 1. The summed E-state index contributed by atoms with van der Waals surface area (Å²) >= 11 is 0. The minimum atomic E-state index is -0.774. The van der Waals surface area contributed by atoms with E-state index in [1.165, 1.54) is 0 Å². The molecular formula is C18H26O7. The van der Waals surface area contributed by atoms with Gasteiger partial charge in [0, 0.05) is 5.57 Å². The quantitative estimate of drug-likeness (QED) is 0.718. The first-order chi connectivity index (χ1) is 11.7. The van der Waals surface area contributed by atoms with E-state index >= 15 is 0 Å². The maximum Gasteiger partial charge on any atom is 0.334 e. The number of hydrogen-bond donors (Lipinski definition) is 0. The number of carbonyl (C=O) groups is 1. The van der Waals surface area contributed by atoms with Crippen LogP contribution in [-0.4, -0.2) is 54.9 Å². The summed E-state index contributed by atoms with van der Waals surface area (Å²) in [5.41, 5.74) is 0.726. The molecule has 0 saturated carbocycles. The molecule has 3 saturated heterocycles. The smallest absolute Gasteiger partial charge is 0.334 e. The largest absolute Gasteiger partial charge is 0.453 e. The van der Waals surface area contributed by atoms with Gasteiger partial charge in [0.2, 0.25) is 0 Å². The number of fused-ring (bicyclic) bond motifs is 1. The second-order valence-corrected chi connectivity index (χ2v) is 7.93. The van der Waals surface area contributed by atoms with Gasteiger partial charge in [-0.25, -0.2) is 4.79 Å². The van der Waals surface area contributed by atoms with Gasteiger partial charge in [-0.2, -0.15) is 0 Å². The molecule has 3 heterocycles. The van der Waals surface area contributed by atoms with Crippen LogP contribution in [0.5, 0.6) is 0 Å². The van der Waals surface area contributed by atoms with Crippen LogP contribution in [0.3, 0.4) is 0 Å². The van der Waals surface area contributed by atoms with E-state index in [1.807, 2.05) is 33.8 Å². The minimum absolute atomic E-state index is 0.303. The standard InChI is InChI=1S/C18H26O7/c1-17(2)20-9-11(23-17)12-13(21-15(19)10-7-5-6-8-10)14-16(22-12)25-18(3,4)24-14/h7,11-14,16H,5-6,8-9H2,1-4H3/t11-,12-,13+,14-,16-/m1/s1. The predicted molar refractivity (Wildman–Crippen MR) is 85.4 cm³/mol. The van der Waals surface area contributed by atoms with E-state index in [9.17, 15) is 4.79 Å². The van der Waals surface area contributed by atoms with Gasteiger partial charge in [0.25, 0.3) is 0 Å². The van der Waals surface area contributed by atoms with Crippen molar-refractivity contribution in [1.29, 1.82) is 0 Å². The summed E-state index contributed by atoms with van der Waals surface area (Å²) in [6, 6.07) is 0. The summed E-state index contributed by atoms with van der Waals surface area (Å²) in [4.78, 5) is 12.5. The number of rotatable bonds is 3. The van der Waals surface area contributed by atoms with Gasteiger partial charge in [-0.3, -0.25) is 0 Å². The van der Waals surface area contributed by atoms with Crippen molar-refractivity contribution < 1.29 is 33.2 Å². The molecule has 0 aromatic carbocycles. The lowest BCUT2D eigenvalue weighted by Gasteiger charge is -2.28. The molecule has 0 amide bonds. The van der Waals surface area contributed by atoms with Crippen molar-refractivity contribution in [1.82, 2.24) is 0 Å². The summed E-state index contributed by atoms with van der Waals surface area (Å²) in [5, 5.41) is 0. The number of allylic oxidation sites excluding steroid dienone is 1. The Bertz CT molecular complexity index is 582. The average molecular weight is 354 g/mol. The SMILES string of the molecule is CC1(C)O[C@H]2O[C@H]([C@H]3COC(C)(C)O3)[C@H](OC(=O)C3=CCCC3)[C@H]2O1. The molecule has 7 heteroatoms. The van der Waals surface area contributed by atoms with E-state index in [-0.39, 0.29) is 12.1 Å². The molecule has 0 unspecified atom stereocenters. The highest BCUT2D eigenvalue weighted by Gasteiger charge is 2.60. The van der Waals surface area contributed by atoms with Crippen LogP contribution in [0.25, 0.3) is 0 Å². The molecule has 5 atom stereocenters. The van der Waals surface area contributed by atoms with Gasteiger partial charge in [0.15, 0.2) is 30.1 Å². The van der Waals surface area contributed by atoms with E-state index in [4.69, 9.17) is 28.4 Å². The van der Waals surface area contributed by atoms with Gasteiger partial charge in [-0.15, -0.1) is 0 Å². The van der Waals surface area contributed by atoms with Crippen molar-refractivity contribution in [2.45, 2.75) is 89.2 Å². The molecular weight excluding hydrogens is 328 g/mol. The third-order valence-corrected chi connectivity index (χ3v) is 4.97. The first-order valence-electron chi connectivity index (χ1n) is 8.97. The lowest BCUT2D eigenvalue weighted by Crippen LogP contribution is -2.45. The second kappa shape index (κ2) is 6.03. The van der Waals surface area contributed by atoms with Gasteiger partial charge in [-0.1, -0.05) is 6.08 Å². The van der Waals surface area contributed by atoms with Crippen molar-refractivity contribution >= 4 is 5.97 Å². The molecule has 140 valence electrons. The van der Waals surface area contributed by atoms with Crippen molar-refractivity contribution in [2.75, 3.05) is 6.61 Å². The third-order valence-electron chi connectivity index (χ3n) is 4.97. The topological polar surface area (TPSA) is 72.5 Å². The first-order valence-corrected chi connectivity index (χ1v) is 8.97. The molecule has 4 rings (SSSR count). The fraction of sp³-hybridized carbons (Fsp3) is 0.833. The Morgan fingerprint density at radius 2 is 1.92 bits per heavy atom. The zero-order chi connectivity index (χ0) is 17.8. The van der Waals surface area contributed by atoms with E-state index in [0.717, 1.165) is 24.8 Å². The first kappa shape index (κ1) is 17.4. The Morgan fingerprint density at radius 3 is 2.56 bits per heavy atom. The molecule has 3 fully saturated rings. The average Bonchev–Trinajstić information content (AvgIpc) is 3.24. The Balaban J connectivity index is 1.53. The van der Waals surface area contributed by atoms with Crippen LogP contribution in [0.1, 0.15) is 47.0 Å². The van der Waals surface area contributed by atoms with Crippen LogP contribution in [-0.2, 0) is 33.2 Å². The van der Waals surface area contributed by atoms with E-state index in [1.54, 1.807) is 0 Å². The van der Waals surface area contributed by atoms with Crippen LogP contribution in [0, 0.1) is 0 Å². The zero-order valence-corrected chi connectivity index (χ0v) is 15.2. The molecule has 4 aliphatic rings. The van der Waals surface area contributed by atoms with E-state index < -0.39 is 36.2 Å². The number of ether oxygens (including phenoxy) is 6. The normalized spacial score (nSPS) is 41.6. The van der Waals surface area contributed by atoms with Crippen LogP contribution >= 0.6 is 0 Å². The fourth-order valence-corrected chi connectivity index (χ4v) is 3.87. The van der Waals surface area contributed by atoms with Crippen molar-refractivity contribution in [3.63, 3.8) is 0 Å². The molecule has 1 aliphatic carbocycles. The van der Waals surface area contributed by atoms with Gasteiger partial charge >= 0.3 is 5.97 Å². The molecule has 0 N–H and O–H groups in total. The molecule has 0 radical (unpaired) electrons. The number of hydrogen-bond acceptors (Lipinski definition) is 7. The summed E-state index contributed by atoms with van der Waals surface area (Å²) in [6.07, 6.45) is 2.13. The van der Waals surface area contributed by atoms with Crippen molar-refractivity contribution in [3.8, 4) is 0 Å².